The second kappa shape index (κ2) is 14.2. The summed E-state index contributed by atoms with van der Waals surface area (Å²) in [5.41, 5.74) is 25.1. The van der Waals surface area contributed by atoms with Crippen LogP contribution in [0.25, 0.3) is 111 Å². The van der Waals surface area contributed by atoms with E-state index < -0.39 is 0 Å². The molecule has 0 saturated heterocycles. The standard InChI is InChI=1S/C66H48N2/c1-65(2)58-26-13-9-20-50(58)55-40-47(31-33-59(55)65)67-61-27-14-11-22-53(61)56-38-41(30-34-63(56)67)43-35-44(42-29-32-51-49-19-8-12-25-57(49)66(3,4)60(51)39-42)37-45(36-43)48-23-16-24-54-52-21-10-15-28-62(52)68(64(48)54)46-17-6-5-7-18-46/h5-40H,1-4H3. The molecule has 0 amide bonds. The van der Waals surface area contributed by atoms with Gasteiger partial charge in [-0.15, -0.1) is 0 Å². The molecule has 0 N–H and O–H groups in total. The van der Waals surface area contributed by atoms with Crippen LogP contribution in [0.1, 0.15) is 49.9 Å². The van der Waals surface area contributed by atoms with E-state index in [0.717, 1.165) is 5.69 Å². The molecular formula is C66H48N2. The number of benzene rings is 10. The highest BCUT2D eigenvalue weighted by Crippen LogP contribution is 2.52. The third-order valence-corrected chi connectivity index (χ3v) is 15.7. The molecule has 2 aliphatic rings. The molecule has 322 valence electrons. The molecule has 0 saturated carbocycles. The zero-order valence-corrected chi connectivity index (χ0v) is 38.7. The van der Waals surface area contributed by atoms with Crippen LogP contribution in [-0.2, 0) is 10.8 Å². The predicted octanol–water partition coefficient (Wildman–Crippen LogP) is 17.5. The van der Waals surface area contributed by atoms with E-state index >= 15 is 0 Å². The van der Waals surface area contributed by atoms with Crippen molar-refractivity contribution in [3.05, 3.63) is 241 Å². The minimum absolute atomic E-state index is 0.0434. The quantitative estimate of drug-likeness (QED) is 0.163. The number of hydrogen-bond donors (Lipinski definition) is 0. The zero-order chi connectivity index (χ0) is 45.5. The summed E-state index contributed by atoms with van der Waals surface area (Å²) < 4.78 is 4.93. The molecule has 0 aliphatic heterocycles. The van der Waals surface area contributed by atoms with Gasteiger partial charge in [0.1, 0.15) is 0 Å². The summed E-state index contributed by atoms with van der Waals surface area (Å²) in [6, 6.07) is 82.0. The van der Waals surface area contributed by atoms with Crippen LogP contribution < -0.4 is 0 Å². The Kier molecular flexibility index (Phi) is 8.12. The fraction of sp³-hybridized carbons (Fsp3) is 0.0909. The van der Waals surface area contributed by atoms with Crippen LogP contribution in [0.2, 0.25) is 0 Å². The average Bonchev–Trinajstić information content (AvgIpc) is 4.05. The van der Waals surface area contributed by atoms with E-state index in [1.54, 1.807) is 0 Å². The molecule has 10 aromatic carbocycles. The van der Waals surface area contributed by atoms with Crippen molar-refractivity contribution in [3.8, 4) is 67.0 Å². The van der Waals surface area contributed by atoms with Gasteiger partial charge >= 0.3 is 0 Å². The maximum Gasteiger partial charge on any atom is 0.0619 e. The van der Waals surface area contributed by atoms with Crippen molar-refractivity contribution < 1.29 is 0 Å². The Bertz CT molecular complexity index is 4080. The summed E-state index contributed by atoms with van der Waals surface area (Å²) in [5.74, 6) is 0. The van der Waals surface area contributed by atoms with Crippen molar-refractivity contribution >= 4 is 43.6 Å². The van der Waals surface area contributed by atoms with Crippen molar-refractivity contribution in [2.75, 3.05) is 0 Å². The largest absolute Gasteiger partial charge is 0.309 e. The fourth-order valence-electron chi connectivity index (χ4n) is 12.4. The van der Waals surface area contributed by atoms with Gasteiger partial charge in [0, 0.05) is 49.3 Å². The third kappa shape index (κ3) is 5.46. The summed E-state index contributed by atoms with van der Waals surface area (Å²) >= 11 is 0. The van der Waals surface area contributed by atoms with Crippen molar-refractivity contribution in [1.82, 2.24) is 9.13 Å². The Balaban J connectivity index is 0.996. The van der Waals surface area contributed by atoms with Crippen LogP contribution in [-0.4, -0.2) is 9.13 Å². The molecule has 2 heterocycles. The van der Waals surface area contributed by atoms with Crippen LogP contribution >= 0.6 is 0 Å². The molecule has 0 spiro atoms. The number of hydrogen-bond acceptors (Lipinski definition) is 0. The summed E-state index contributed by atoms with van der Waals surface area (Å²) in [4.78, 5) is 0. The Labute approximate surface area is 397 Å². The van der Waals surface area contributed by atoms with Gasteiger partial charge in [0.05, 0.1) is 22.1 Å². The molecule has 0 fully saturated rings. The molecule has 12 aromatic rings. The number of aromatic nitrogens is 2. The van der Waals surface area contributed by atoms with Gasteiger partial charge in [-0.25, -0.2) is 0 Å². The van der Waals surface area contributed by atoms with Gasteiger partial charge in [0.15, 0.2) is 0 Å². The Morgan fingerprint density at radius 2 is 0.779 bits per heavy atom. The molecular weight excluding hydrogens is 821 g/mol. The molecule has 0 atom stereocenters. The smallest absolute Gasteiger partial charge is 0.0619 e. The monoisotopic (exact) mass is 868 g/mol. The van der Waals surface area contributed by atoms with E-state index in [2.05, 4.69) is 255 Å². The zero-order valence-electron chi connectivity index (χ0n) is 38.7. The lowest BCUT2D eigenvalue weighted by Crippen LogP contribution is -2.14. The van der Waals surface area contributed by atoms with Crippen LogP contribution in [0.3, 0.4) is 0 Å². The molecule has 2 nitrogen and oxygen atoms in total. The van der Waals surface area contributed by atoms with E-state index in [0.29, 0.717) is 0 Å². The minimum atomic E-state index is -0.109. The lowest BCUT2D eigenvalue weighted by atomic mass is 9.81. The third-order valence-electron chi connectivity index (χ3n) is 15.7. The van der Waals surface area contributed by atoms with E-state index in [-0.39, 0.29) is 10.8 Å². The van der Waals surface area contributed by atoms with Gasteiger partial charge in [-0.05, 0) is 145 Å². The van der Waals surface area contributed by atoms with Gasteiger partial charge in [-0.3, -0.25) is 0 Å². The number of para-hydroxylation sites is 4. The SMILES string of the molecule is CC1(C)c2ccccc2-c2cc(-n3c4ccccc4c4cc(-c5cc(-c6ccc7c(c6)C(C)(C)c6ccccc6-7)cc(-c6cccc7c8ccccc8n(-c8ccccc8)c67)c5)ccc43)ccc21. The molecule has 0 bridgehead atoms. The van der Waals surface area contributed by atoms with E-state index in [9.17, 15) is 0 Å². The van der Waals surface area contributed by atoms with Crippen molar-refractivity contribution in [1.29, 1.82) is 0 Å². The van der Waals surface area contributed by atoms with Gasteiger partial charge < -0.3 is 9.13 Å². The maximum absolute atomic E-state index is 2.47. The topological polar surface area (TPSA) is 9.86 Å². The first-order valence-corrected chi connectivity index (χ1v) is 24.0. The van der Waals surface area contributed by atoms with Gasteiger partial charge in [0.2, 0.25) is 0 Å². The number of nitrogens with zero attached hydrogens (tertiary/aromatic N) is 2. The molecule has 2 heteroatoms. The highest BCUT2D eigenvalue weighted by Gasteiger charge is 2.36. The first-order chi connectivity index (χ1) is 33.2. The molecule has 14 rings (SSSR count). The Morgan fingerprint density at radius 3 is 1.53 bits per heavy atom. The predicted molar refractivity (Wildman–Crippen MR) is 287 cm³/mol. The minimum Gasteiger partial charge on any atom is -0.309 e. The first kappa shape index (κ1) is 39.0. The second-order valence-electron chi connectivity index (χ2n) is 20.1. The highest BCUT2D eigenvalue weighted by molar-refractivity contribution is 6.14. The Hall–Kier alpha value is -8.20. The molecule has 2 aliphatic carbocycles. The lowest BCUT2D eigenvalue weighted by molar-refractivity contribution is 0.660. The number of fused-ring (bicyclic) bond motifs is 12. The molecule has 0 radical (unpaired) electrons. The maximum atomic E-state index is 2.47. The molecule has 68 heavy (non-hydrogen) atoms. The van der Waals surface area contributed by atoms with E-state index in [1.807, 2.05) is 0 Å². The summed E-state index contributed by atoms with van der Waals surface area (Å²) in [6.07, 6.45) is 0. The van der Waals surface area contributed by atoms with Gasteiger partial charge in [-0.2, -0.15) is 0 Å². The Morgan fingerprint density at radius 1 is 0.265 bits per heavy atom. The highest BCUT2D eigenvalue weighted by atomic mass is 15.0. The lowest BCUT2D eigenvalue weighted by Gasteiger charge is -2.22. The summed E-state index contributed by atoms with van der Waals surface area (Å²) in [7, 11) is 0. The second-order valence-corrected chi connectivity index (χ2v) is 20.1. The van der Waals surface area contributed by atoms with Crippen molar-refractivity contribution in [2.24, 2.45) is 0 Å². The van der Waals surface area contributed by atoms with Gasteiger partial charge in [-0.1, -0.05) is 173 Å². The number of rotatable bonds is 5. The van der Waals surface area contributed by atoms with Crippen molar-refractivity contribution in [3.63, 3.8) is 0 Å². The fourth-order valence-corrected chi connectivity index (χ4v) is 12.4. The van der Waals surface area contributed by atoms with Crippen LogP contribution in [0, 0.1) is 0 Å². The first-order valence-electron chi connectivity index (χ1n) is 24.0. The van der Waals surface area contributed by atoms with Crippen LogP contribution in [0.4, 0.5) is 0 Å². The van der Waals surface area contributed by atoms with Crippen LogP contribution in [0.5, 0.6) is 0 Å². The summed E-state index contributed by atoms with van der Waals surface area (Å²) in [5, 5.41) is 5.00. The van der Waals surface area contributed by atoms with Crippen LogP contribution in [0.15, 0.2) is 218 Å². The summed E-state index contributed by atoms with van der Waals surface area (Å²) in [6.45, 7) is 9.46. The van der Waals surface area contributed by atoms with E-state index in [1.165, 1.54) is 127 Å². The average molecular weight is 869 g/mol. The molecule has 0 unspecified atom stereocenters. The molecule has 2 aromatic heterocycles. The van der Waals surface area contributed by atoms with E-state index in [4.69, 9.17) is 0 Å². The van der Waals surface area contributed by atoms with Crippen molar-refractivity contribution in [2.45, 2.75) is 38.5 Å². The van der Waals surface area contributed by atoms with Gasteiger partial charge in [0.25, 0.3) is 0 Å². The normalized spacial score (nSPS) is 14.1.